The van der Waals surface area contributed by atoms with E-state index in [1.165, 1.54) is 43.5 Å². The molecule has 0 unspecified atom stereocenters. The molecule has 0 saturated heterocycles. The van der Waals surface area contributed by atoms with Crippen LogP contribution in [0.15, 0.2) is 66.0 Å². The van der Waals surface area contributed by atoms with Gasteiger partial charge in [-0.3, -0.25) is 4.57 Å². The Labute approximate surface area is 200 Å². The van der Waals surface area contributed by atoms with Gasteiger partial charge in [0.15, 0.2) is 0 Å². The Morgan fingerprint density at radius 3 is 2.12 bits per heavy atom. The molecular formula is C30H32N2S. The van der Waals surface area contributed by atoms with E-state index in [0.717, 1.165) is 11.3 Å². The molecule has 0 bridgehead atoms. The third kappa shape index (κ3) is 3.69. The van der Waals surface area contributed by atoms with E-state index in [2.05, 4.69) is 112 Å². The number of aromatic nitrogens is 2. The van der Waals surface area contributed by atoms with Gasteiger partial charge in [-0.1, -0.05) is 77.9 Å². The highest BCUT2D eigenvalue weighted by atomic mass is 32.1. The molecule has 3 heteroatoms. The molecule has 2 nitrogen and oxygen atoms in total. The molecule has 2 aromatic heterocycles. The minimum atomic E-state index is 0.416. The summed E-state index contributed by atoms with van der Waals surface area (Å²) < 4.78 is 3.75. The maximum atomic E-state index is 5.23. The van der Waals surface area contributed by atoms with Crippen molar-refractivity contribution >= 4 is 32.5 Å². The lowest BCUT2D eigenvalue weighted by Crippen LogP contribution is -2.08. The molecule has 33 heavy (non-hydrogen) atoms. The number of rotatable bonds is 5. The van der Waals surface area contributed by atoms with E-state index < -0.39 is 0 Å². The van der Waals surface area contributed by atoms with E-state index in [9.17, 15) is 0 Å². The maximum Gasteiger partial charge on any atom is 0.147 e. The zero-order chi connectivity index (χ0) is 23.3. The quantitative estimate of drug-likeness (QED) is 0.260. The number of hydrogen-bond donors (Lipinski definition) is 0. The van der Waals surface area contributed by atoms with Crippen molar-refractivity contribution < 1.29 is 0 Å². The molecule has 0 saturated carbocycles. The van der Waals surface area contributed by atoms with Crippen molar-refractivity contribution in [3.8, 4) is 17.1 Å². The Kier molecular flexibility index (Phi) is 5.62. The molecule has 0 radical (unpaired) electrons. The molecule has 168 valence electrons. The van der Waals surface area contributed by atoms with Crippen LogP contribution < -0.4 is 0 Å². The van der Waals surface area contributed by atoms with Crippen LogP contribution in [0.2, 0.25) is 0 Å². The molecule has 0 amide bonds. The smallest absolute Gasteiger partial charge is 0.147 e. The third-order valence-electron chi connectivity index (χ3n) is 6.63. The highest BCUT2D eigenvalue weighted by Crippen LogP contribution is 2.41. The van der Waals surface area contributed by atoms with E-state index in [0.29, 0.717) is 17.8 Å². The number of para-hydroxylation sites is 3. The summed E-state index contributed by atoms with van der Waals surface area (Å²) >= 11 is 1.81. The first kappa shape index (κ1) is 21.9. The average Bonchev–Trinajstić information content (AvgIpc) is 3.38. The van der Waals surface area contributed by atoms with Crippen LogP contribution >= 0.6 is 11.3 Å². The van der Waals surface area contributed by atoms with Crippen molar-refractivity contribution in [1.29, 1.82) is 0 Å². The third-order valence-corrected chi connectivity index (χ3v) is 7.60. The van der Waals surface area contributed by atoms with Crippen LogP contribution in [0.5, 0.6) is 0 Å². The highest BCUT2D eigenvalue weighted by molar-refractivity contribution is 7.17. The van der Waals surface area contributed by atoms with Gasteiger partial charge in [0.25, 0.3) is 0 Å². The summed E-state index contributed by atoms with van der Waals surface area (Å²) in [5, 5.41) is 3.59. The molecular weight excluding hydrogens is 420 g/mol. The molecule has 0 aliphatic heterocycles. The number of imidazole rings is 1. The molecule has 0 fully saturated rings. The second kappa shape index (κ2) is 8.46. The molecule has 0 N–H and O–H groups in total. The van der Waals surface area contributed by atoms with Gasteiger partial charge in [0.05, 0.1) is 16.7 Å². The number of benzene rings is 3. The predicted molar refractivity (Wildman–Crippen MR) is 144 cm³/mol. The molecule has 5 rings (SSSR count). The summed E-state index contributed by atoms with van der Waals surface area (Å²) in [7, 11) is 0. The summed E-state index contributed by atoms with van der Waals surface area (Å²) in [6, 6.07) is 22.2. The lowest BCUT2D eigenvalue weighted by Gasteiger charge is -2.22. The van der Waals surface area contributed by atoms with Gasteiger partial charge in [0, 0.05) is 21.0 Å². The molecule has 2 heterocycles. The molecule has 0 aliphatic carbocycles. The molecule has 3 aromatic carbocycles. The SMILES string of the molecule is CC(C)c1ccc2scc(-c3nc4ccccc4n3-c3c(C(C)C)cccc3C(C)C)c2c1. The van der Waals surface area contributed by atoms with Crippen molar-refractivity contribution in [3.05, 3.63) is 82.7 Å². The topological polar surface area (TPSA) is 17.8 Å². The van der Waals surface area contributed by atoms with Crippen LogP contribution in [0, 0.1) is 0 Å². The molecule has 0 atom stereocenters. The second-order valence-corrected chi connectivity index (χ2v) is 10.8. The normalized spacial score (nSPS) is 12.2. The van der Waals surface area contributed by atoms with Crippen LogP contribution in [0.25, 0.3) is 38.2 Å². The van der Waals surface area contributed by atoms with Crippen LogP contribution in [0.4, 0.5) is 0 Å². The first-order valence-electron chi connectivity index (χ1n) is 12.0. The summed E-state index contributed by atoms with van der Waals surface area (Å²) in [4.78, 5) is 5.23. The van der Waals surface area contributed by atoms with Gasteiger partial charge < -0.3 is 0 Å². The first-order chi connectivity index (χ1) is 15.9. The van der Waals surface area contributed by atoms with E-state index >= 15 is 0 Å². The zero-order valence-electron chi connectivity index (χ0n) is 20.4. The molecule has 0 aliphatic rings. The predicted octanol–water partition coefficient (Wildman–Crippen LogP) is 9.28. The Bertz CT molecular complexity index is 1420. The van der Waals surface area contributed by atoms with E-state index in [4.69, 9.17) is 4.98 Å². The lowest BCUT2D eigenvalue weighted by molar-refractivity contribution is 0.811. The fraction of sp³-hybridized carbons (Fsp3) is 0.300. The summed E-state index contributed by atoms with van der Waals surface area (Å²) in [5.74, 6) is 2.37. The maximum absolute atomic E-state index is 5.23. The largest absolute Gasteiger partial charge is 0.292 e. The Morgan fingerprint density at radius 2 is 1.45 bits per heavy atom. The van der Waals surface area contributed by atoms with Crippen molar-refractivity contribution in [2.75, 3.05) is 0 Å². The minimum Gasteiger partial charge on any atom is -0.292 e. The molecule has 5 aromatic rings. The Balaban J connectivity index is 1.90. The van der Waals surface area contributed by atoms with Crippen LogP contribution in [-0.2, 0) is 0 Å². The van der Waals surface area contributed by atoms with Gasteiger partial charge in [0.2, 0.25) is 0 Å². The lowest BCUT2D eigenvalue weighted by atomic mass is 9.92. The summed E-state index contributed by atoms with van der Waals surface area (Å²) in [5.41, 5.74) is 8.84. The molecule has 0 spiro atoms. The van der Waals surface area contributed by atoms with Crippen molar-refractivity contribution in [2.45, 2.75) is 59.3 Å². The number of fused-ring (bicyclic) bond motifs is 2. The summed E-state index contributed by atoms with van der Waals surface area (Å²) in [6.45, 7) is 13.7. The fourth-order valence-corrected chi connectivity index (χ4v) is 5.70. The monoisotopic (exact) mass is 452 g/mol. The minimum absolute atomic E-state index is 0.416. The van der Waals surface area contributed by atoms with Crippen LogP contribution in [0.3, 0.4) is 0 Å². The van der Waals surface area contributed by atoms with Crippen molar-refractivity contribution in [1.82, 2.24) is 9.55 Å². The van der Waals surface area contributed by atoms with Crippen LogP contribution in [-0.4, -0.2) is 9.55 Å². The zero-order valence-corrected chi connectivity index (χ0v) is 21.2. The number of thiophene rings is 1. The first-order valence-corrected chi connectivity index (χ1v) is 12.9. The van der Waals surface area contributed by atoms with Gasteiger partial charge in [-0.05, 0) is 58.7 Å². The van der Waals surface area contributed by atoms with E-state index in [1.807, 2.05) is 11.3 Å². The van der Waals surface area contributed by atoms with Crippen molar-refractivity contribution in [3.63, 3.8) is 0 Å². The van der Waals surface area contributed by atoms with E-state index in [1.54, 1.807) is 0 Å². The van der Waals surface area contributed by atoms with Crippen LogP contribution in [0.1, 0.15) is 76.0 Å². The Hall–Kier alpha value is -2.91. The second-order valence-electron chi connectivity index (χ2n) is 9.91. The summed E-state index contributed by atoms with van der Waals surface area (Å²) in [6.07, 6.45) is 0. The Morgan fingerprint density at radius 1 is 0.758 bits per heavy atom. The van der Waals surface area contributed by atoms with Gasteiger partial charge in [-0.15, -0.1) is 11.3 Å². The van der Waals surface area contributed by atoms with Gasteiger partial charge in [-0.25, -0.2) is 4.98 Å². The number of hydrogen-bond acceptors (Lipinski definition) is 2. The highest BCUT2D eigenvalue weighted by Gasteiger charge is 2.23. The number of nitrogens with zero attached hydrogens (tertiary/aromatic N) is 2. The average molecular weight is 453 g/mol. The van der Waals surface area contributed by atoms with Crippen molar-refractivity contribution in [2.24, 2.45) is 0 Å². The van der Waals surface area contributed by atoms with E-state index in [-0.39, 0.29) is 0 Å². The fourth-order valence-electron chi connectivity index (χ4n) is 4.78. The standard InChI is InChI=1S/C30H32N2S/c1-18(2)21-14-15-28-24(16-21)25(17-33-28)30-31-26-12-7-8-13-27(26)32(30)29-22(19(3)4)10-9-11-23(29)20(5)6/h7-20H,1-6H3. The van der Waals surface area contributed by atoms with Gasteiger partial charge in [-0.2, -0.15) is 0 Å². The van der Waals surface area contributed by atoms with Gasteiger partial charge >= 0.3 is 0 Å². The van der Waals surface area contributed by atoms with Gasteiger partial charge in [0.1, 0.15) is 5.82 Å².